The van der Waals surface area contributed by atoms with Crippen molar-refractivity contribution in [2.24, 2.45) is 0 Å². The summed E-state index contributed by atoms with van der Waals surface area (Å²) in [6.45, 7) is 12.3. The van der Waals surface area contributed by atoms with Crippen LogP contribution >= 0.6 is 0 Å². The van der Waals surface area contributed by atoms with E-state index in [2.05, 4.69) is 35.8 Å². The summed E-state index contributed by atoms with van der Waals surface area (Å²) in [5.74, 6) is -0.470. The largest absolute Gasteiger partial charge is 0.458 e. The third kappa shape index (κ3) is 12.3. The molecule has 6 N–H and O–H groups in total. The van der Waals surface area contributed by atoms with Gasteiger partial charge in [-0.3, -0.25) is 9.69 Å². The van der Waals surface area contributed by atoms with Gasteiger partial charge in [-0.1, -0.05) is 48.5 Å². The van der Waals surface area contributed by atoms with Gasteiger partial charge in [-0.15, -0.1) is 0 Å². The molecular formula is C42H62N8O7. The Morgan fingerprint density at radius 2 is 1.67 bits per heavy atom. The number of H-pyrrole nitrogens is 2. The van der Waals surface area contributed by atoms with Crippen LogP contribution in [-0.4, -0.2) is 111 Å². The van der Waals surface area contributed by atoms with E-state index in [4.69, 9.17) is 9.47 Å². The number of aliphatic hydroxyl groups is 1. The number of carbonyl (C=O) groups excluding carboxylic acids is 4. The Labute approximate surface area is 337 Å². The van der Waals surface area contributed by atoms with E-state index in [1.54, 1.807) is 45.7 Å². The van der Waals surface area contributed by atoms with Gasteiger partial charge in [0.05, 0.1) is 18.1 Å². The summed E-state index contributed by atoms with van der Waals surface area (Å²) in [5.41, 5.74) is 1.44. The van der Waals surface area contributed by atoms with Crippen LogP contribution in [0.15, 0.2) is 67.0 Å². The number of benzene rings is 2. The minimum absolute atomic E-state index is 0. The first-order valence-corrected chi connectivity index (χ1v) is 19.7. The number of imidazole rings is 1. The number of β-amino-alcohol motifs (C(OH)–C–C–N with tert-alkyl or cyclic N) is 1. The monoisotopic (exact) mass is 790 g/mol. The van der Waals surface area contributed by atoms with Gasteiger partial charge in [-0.05, 0) is 71.1 Å². The number of amides is 4. The van der Waals surface area contributed by atoms with Gasteiger partial charge in [0.15, 0.2) is 0 Å². The molecule has 15 nitrogen and oxygen atoms in total. The van der Waals surface area contributed by atoms with Crippen LogP contribution in [0.25, 0.3) is 10.9 Å². The zero-order valence-corrected chi connectivity index (χ0v) is 33.7. The lowest BCUT2D eigenvalue weighted by molar-refractivity contribution is -0.159. The first-order valence-electron chi connectivity index (χ1n) is 19.7. The molecule has 312 valence electrons. The molecule has 0 spiro atoms. The van der Waals surface area contributed by atoms with E-state index < -0.39 is 41.1 Å². The number of unbranched alkanes of at least 4 members (excludes halogenated alkanes) is 1. The Hall–Kier alpha value is -5.41. The number of para-hydroxylation sites is 1. The first-order chi connectivity index (χ1) is 27.2. The van der Waals surface area contributed by atoms with Crippen molar-refractivity contribution in [3.05, 3.63) is 89.6 Å². The lowest BCUT2D eigenvalue weighted by Crippen LogP contribution is -2.52. The maximum Gasteiger partial charge on any atom is 0.407 e. The van der Waals surface area contributed by atoms with Crippen LogP contribution in [0.3, 0.4) is 0 Å². The SMILES string of the molecule is CC(C)(C)OC(=O)[C@@H](CCCCNC(=O)OCc1ccccc1)NC(=O)C(C)(C)c1cnc([C@@H](Cc2c[nH]c3ccccc23)NC(=O)N2CCN(CCO)CC2)[nH]1.[HH].[HH]. The molecule has 4 aromatic rings. The molecule has 15 heteroatoms. The molecule has 4 amide bonds. The summed E-state index contributed by atoms with van der Waals surface area (Å²) in [7, 11) is 0. The van der Waals surface area contributed by atoms with Crippen molar-refractivity contribution < 1.29 is 36.6 Å². The molecule has 2 atom stereocenters. The third-order valence-corrected chi connectivity index (χ3v) is 10.0. The van der Waals surface area contributed by atoms with E-state index in [9.17, 15) is 24.3 Å². The number of hydrogen-bond donors (Lipinski definition) is 6. The average molecular weight is 791 g/mol. The number of aromatic nitrogens is 3. The highest BCUT2D eigenvalue weighted by atomic mass is 16.6. The van der Waals surface area contributed by atoms with E-state index in [-0.39, 0.29) is 22.1 Å². The molecule has 2 aromatic carbocycles. The van der Waals surface area contributed by atoms with Crippen molar-refractivity contribution in [2.75, 3.05) is 45.9 Å². The number of alkyl carbamates (subject to hydrolysis) is 1. The molecule has 2 aromatic heterocycles. The zero-order chi connectivity index (χ0) is 41.0. The third-order valence-electron chi connectivity index (χ3n) is 10.0. The van der Waals surface area contributed by atoms with E-state index in [0.29, 0.717) is 76.5 Å². The summed E-state index contributed by atoms with van der Waals surface area (Å²) >= 11 is 0. The van der Waals surface area contributed by atoms with Gasteiger partial charge in [0.25, 0.3) is 0 Å². The lowest BCUT2D eigenvalue weighted by Gasteiger charge is -2.35. The highest BCUT2D eigenvalue weighted by molar-refractivity contribution is 5.91. The quantitative estimate of drug-likeness (QED) is 0.0617. The lowest BCUT2D eigenvalue weighted by atomic mass is 9.88. The summed E-state index contributed by atoms with van der Waals surface area (Å²) < 4.78 is 11.0. The molecule has 3 heterocycles. The van der Waals surface area contributed by atoms with Crippen molar-refractivity contribution in [3.63, 3.8) is 0 Å². The number of aromatic amines is 2. The van der Waals surface area contributed by atoms with Crippen molar-refractivity contribution in [2.45, 2.75) is 90.0 Å². The van der Waals surface area contributed by atoms with E-state index >= 15 is 0 Å². The Balaban J connectivity index is 0.00000465. The molecule has 0 radical (unpaired) electrons. The number of nitrogens with one attached hydrogen (secondary N) is 5. The van der Waals surface area contributed by atoms with Crippen LogP contribution < -0.4 is 16.0 Å². The number of esters is 1. The average Bonchev–Trinajstić information content (AvgIpc) is 3.85. The molecule has 1 fully saturated rings. The topological polar surface area (TPSA) is 194 Å². The van der Waals surface area contributed by atoms with Gasteiger partial charge in [0, 0.05) is 77.5 Å². The fraction of sp³-hybridized carbons (Fsp3) is 0.500. The van der Waals surface area contributed by atoms with Crippen LogP contribution in [0.4, 0.5) is 9.59 Å². The summed E-state index contributed by atoms with van der Waals surface area (Å²) in [6, 6.07) is 15.6. The van der Waals surface area contributed by atoms with E-state index in [1.807, 2.05) is 60.8 Å². The van der Waals surface area contributed by atoms with Gasteiger partial charge < -0.3 is 45.4 Å². The van der Waals surface area contributed by atoms with Gasteiger partial charge in [0.1, 0.15) is 24.1 Å². The summed E-state index contributed by atoms with van der Waals surface area (Å²) in [4.78, 5) is 68.4. The second-order valence-electron chi connectivity index (χ2n) is 16.0. The van der Waals surface area contributed by atoms with Gasteiger partial charge in [0.2, 0.25) is 5.91 Å². The van der Waals surface area contributed by atoms with Crippen molar-refractivity contribution >= 4 is 34.9 Å². The number of piperazine rings is 1. The van der Waals surface area contributed by atoms with Gasteiger partial charge in [-0.25, -0.2) is 19.4 Å². The van der Waals surface area contributed by atoms with Crippen molar-refractivity contribution in [1.82, 2.24) is 40.7 Å². The number of urea groups is 1. The normalized spacial score (nSPS) is 14.8. The fourth-order valence-electron chi connectivity index (χ4n) is 6.65. The predicted octanol–water partition coefficient (Wildman–Crippen LogP) is 5.19. The Bertz CT molecular complexity index is 1940. The molecule has 1 aliphatic rings. The second kappa shape index (κ2) is 19.6. The van der Waals surface area contributed by atoms with Gasteiger partial charge in [-0.2, -0.15) is 0 Å². The van der Waals surface area contributed by atoms with Crippen LogP contribution in [-0.2, 0) is 37.5 Å². The molecule has 57 heavy (non-hydrogen) atoms. The number of rotatable bonds is 17. The van der Waals surface area contributed by atoms with Crippen LogP contribution in [0.2, 0.25) is 0 Å². The molecular weight excluding hydrogens is 729 g/mol. The maximum absolute atomic E-state index is 14.0. The number of carbonyl (C=O) groups is 4. The Morgan fingerprint density at radius 3 is 2.39 bits per heavy atom. The Kier molecular flexibility index (Phi) is 14.7. The van der Waals surface area contributed by atoms with Crippen LogP contribution in [0, 0.1) is 0 Å². The highest BCUT2D eigenvalue weighted by Crippen LogP contribution is 2.28. The molecule has 1 aliphatic heterocycles. The molecule has 5 rings (SSSR count). The van der Waals surface area contributed by atoms with Crippen molar-refractivity contribution in [1.29, 1.82) is 0 Å². The molecule has 1 saturated heterocycles. The number of aliphatic hydroxyl groups excluding tert-OH is 1. The van der Waals surface area contributed by atoms with Crippen molar-refractivity contribution in [3.8, 4) is 0 Å². The number of fused-ring (bicyclic) bond motifs is 1. The summed E-state index contributed by atoms with van der Waals surface area (Å²) in [6.07, 6.45) is 4.79. The van der Waals surface area contributed by atoms with Gasteiger partial charge >= 0.3 is 18.1 Å². The smallest absolute Gasteiger partial charge is 0.407 e. The fourth-order valence-corrected chi connectivity index (χ4v) is 6.65. The van der Waals surface area contributed by atoms with E-state index in [1.165, 1.54) is 0 Å². The van der Waals surface area contributed by atoms with E-state index in [0.717, 1.165) is 22.0 Å². The summed E-state index contributed by atoms with van der Waals surface area (Å²) in [5, 5.41) is 19.2. The minimum atomic E-state index is -1.16. The minimum Gasteiger partial charge on any atom is -0.458 e. The number of ether oxygens (including phenoxy) is 2. The number of hydrogen-bond acceptors (Lipinski definition) is 9. The molecule has 0 saturated carbocycles. The zero-order valence-electron chi connectivity index (χ0n) is 33.7. The van der Waals surface area contributed by atoms with Crippen LogP contribution in [0.1, 0.15) is 85.4 Å². The molecule has 0 aliphatic carbocycles. The second-order valence-corrected chi connectivity index (χ2v) is 16.0. The number of nitrogens with zero attached hydrogens (tertiary/aromatic N) is 3. The Morgan fingerprint density at radius 1 is 0.947 bits per heavy atom. The highest BCUT2D eigenvalue weighted by Gasteiger charge is 2.37. The predicted molar refractivity (Wildman–Crippen MR) is 220 cm³/mol. The maximum atomic E-state index is 14.0. The standard InChI is InChI=1S/C42H58N8O7.2H2/c1-41(2,3)57-37(52)33(17-11-12-18-43-40(55)56-28-29-13-7-6-8-14-29)46-38(53)42(4,5)35-27-45-36(48-35)34(25-30-26-44-32-16-10-9-15-31(30)32)47-39(54)50-21-19-49(20-22-50)23-24-51;;/h6-10,13-16,26-27,33-34,44,51H,11-12,17-25,28H2,1-5H3,(H,43,55)(H,45,48)(H,46,53)(H,47,54);2*1H/t33-,34-;;/m1../s1. The first kappa shape index (κ1) is 42.7. The molecule has 0 bridgehead atoms. The molecule has 0 unspecified atom stereocenters. The van der Waals surface area contributed by atoms with Crippen LogP contribution in [0.5, 0.6) is 0 Å².